The minimum absolute atomic E-state index is 0.144. The fourth-order valence-corrected chi connectivity index (χ4v) is 2.48. The maximum absolute atomic E-state index is 12.6. The van der Waals surface area contributed by atoms with Gasteiger partial charge in [0.15, 0.2) is 0 Å². The maximum atomic E-state index is 12.6. The lowest BCUT2D eigenvalue weighted by atomic mass is 10.1. The van der Waals surface area contributed by atoms with E-state index in [1.54, 1.807) is 13.8 Å². The molecule has 0 saturated carbocycles. The first-order chi connectivity index (χ1) is 11.9. The van der Waals surface area contributed by atoms with Crippen LogP contribution in [0, 0.1) is 0 Å². The molecule has 0 bridgehead atoms. The van der Waals surface area contributed by atoms with E-state index in [9.17, 15) is 4.79 Å². The summed E-state index contributed by atoms with van der Waals surface area (Å²) in [7, 11) is 0. The predicted molar refractivity (Wildman–Crippen MR) is 103 cm³/mol. The second-order valence-corrected chi connectivity index (χ2v) is 6.81. The highest BCUT2D eigenvalue weighted by molar-refractivity contribution is 6.06. The maximum Gasteiger partial charge on any atom is 0.256 e. The molecule has 1 unspecified atom stereocenters. The molecule has 2 aromatic rings. The molecule has 0 aliphatic heterocycles. The van der Waals surface area contributed by atoms with Crippen LogP contribution in [0.4, 0.5) is 5.69 Å². The number of benzene rings is 2. The van der Waals surface area contributed by atoms with Crippen molar-refractivity contribution in [1.82, 2.24) is 0 Å². The van der Waals surface area contributed by atoms with Crippen molar-refractivity contribution in [2.75, 3.05) is 11.9 Å². The van der Waals surface area contributed by atoms with Crippen LogP contribution in [-0.2, 0) is 9.53 Å². The Morgan fingerprint density at radius 1 is 1.12 bits per heavy atom. The molecule has 0 spiro atoms. The summed E-state index contributed by atoms with van der Waals surface area (Å²) in [4.78, 5) is 12.6. The summed E-state index contributed by atoms with van der Waals surface area (Å²) >= 11 is 0. The summed E-state index contributed by atoms with van der Waals surface area (Å²) < 4.78 is 11.7. The van der Waals surface area contributed by atoms with Crippen LogP contribution in [0.15, 0.2) is 36.4 Å². The normalized spacial score (nSPS) is 12.8. The SMILES string of the molecule is CCCOC(C)(C)C(=O)Nc1ccc(OC(C)CC)c2ccccc12. The van der Waals surface area contributed by atoms with Gasteiger partial charge >= 0.3 is 0 Å². The van der Waals surface area contributed by atoms with E-state index in [1.807, 2.05) is 43.3 Å². The van der Waals surface area contributed by atoms with Crippen LogP contribution in [0.2, 0.25) is 0 Å². The monoisotopic (exact) mass is 343 g/mol. The largest absolute Gasteiger partial charge is 0.490 e. The molecule has 0 aromatic heterocycles. The van der Waals surface area contributed by atoms with Crippen molar-refractivity contribution in [1.29, 1.82) is 0 Å². The molecule has 0 saturated heterocycles. The molecule has 1 amide bonds. The number of hydrogen-bond acceptors (Lipinski definition) is 3. The second-order valence-electron chi connectivity index (χ2n) is 6.81. The predicted octanol–water partition coefficient (Wildman–Crippen LogP) is 5.16. The molecule has 0 radical (unpaired) electrons. The van der Waals surface area contributed by atoms with Crippen molar-refractivity contribution >= 4 is 22.4 Å². The smallest absolute Gasteiger partial charge is 0.256 e. The van der Waals surface area contributed by atoms with Crippen molar-refractivity contribution < 1.29 is 14.3 Å². The molecule has 1 atom stereocenters. The van der Waals surface area contributed by atoms with Crippen LogP contribution in [0.3, 0.4) is 0 Å². The first-order valence-electron chi connectivity index (χ1n) is 9.02. The van der Waals surface area contributed by atoms with Crippen LogP contribution >= 0.6 is 0 Å². The summed E-state index contributed by atoms with van der Waals surface area (Å²) in [6.45, 7) is 10.3. The Labute approximate surface area is 150 Å². The van der Waals surface area contributed by atoms with Crippen LogP contribution in [0.25, 0.3) is 10.8 Å². The number of nitrogens with one attached hydrogen (secondary N) is 1. The highest BCUT2D eigenvalue weighted by Crippen LogP contribution is 2.33. The second kappa shape index (κ2) is 8.34. The lowest BCUT2D eigenvalue weighted by Crippen LogP contribution is -2.40. The highest BCUT2D eigenvalue weighted by atomic mass is 16.5. The zero-order chi connectivity index (χ0) is 18.4. The summed E-state index contributed by atoms with van der Waals surface area (Å²) in [6.07, 6.45) is 1.96. The molecular weight excluding hydrogens is 314 g/mol. The van der Waals surface area contributed by atoms with Gasteiger partial charge in [-0.15, -0.1) is 0 Å². The molecule has 0 heterocycles. The average Bonchev–Trinajstić information content (AvgIpc) is 2.61. The third kappa shape index (κ3) is 4.73. The number of rotatable bonds is 8. The molecule has 0 aliphatic rings. The van der Waals surface area contributed by atoms with Crippen molar-refractivity contribution in [2.45, 2.75) is 59.2 Å². The van der Waals surface area contributed by atoms with E-state index in [1.165, 1.54) is 0 Å². The summed E-state index contributed by atoms with van der Waals surface area (Å²) in [6, 6.07) is 11.8. The average molecular weight is 343 g/mol. The van der Waals surface area contributed by atoms with Gasteiger partial charge in [-0.2, -0.15) is 0 Å². The molecule has 2 aromatic carbocycles. The molecule has 2 rings (SSSR count). The molecule has 4 heteroatoms. The minimum Gasteiger partial charge on any atom is -0.490 e. The highest BCUT2D eigenvalue weighted by Gasteiger charge is 2.28. The number of ether oxygens (including phenoxy) is 2. The van der Waals surface area contributed by atoms with Gasteiger partial charge in [0.05, 0.1) is 6.10 Å². The Morgan fingerprint density at radius 3 is 2.44 bits per heavy atom. The topological polar surface area (TPSA) is 47.6 Å². The number of amides is 1. The molecular formula is C21H29NO3. The molecule has 136 valence electrons. The zero-order valence-corrected chi connectivity index (χ0v) is 15.9. The number of anilines is 1. The Hall–Kier alpha value is -2.07. The number of carbonyl (C=O) groups is 1. The fraction of sp³-hybridized carbons (Fsp3) is 0.476. The van der Waals surface area contributed by atoms with E-state index < -0.39 is 5.60 Å². The molecule has 0 aliphatic carbocycles. The number of fused-ring (bicyclic) bond motifs is 1. The zero-order valence-electron chi connectivity index (χ0n) is 15.9. The van der Waals surface area contributed by atoms with Gasteiger partial charge in [-0.05, 0) is 45.7 Å². The van der Waals surface area contributed by atoms with Gasteiger partial charge in [0.1, 0.15) is 11.4 Å². The van der Waals surface area contributed by atoms with E-state index in [2.05, 4.69) is 19.2 Å². The van der Waals surface area contributed by atoms with Gasteiger partial charge in [-0.1, -0.05) is 38.1 Å². The van der Waals surface area contributed by atoms with Crippen molar-refractivity contribution in [3.8, 4) is 5.75 Å². The summed E-state index contributed by atoms with van der Waals surface area (Å²) in [5.74, 6) is 0.686. The molecule has 4 nitrogen and oxygen atoms in total. The van der Waals surface area contributed by atoms with Gasteiger partial charge < -0.3 is 14.8 Å². The minimum atomic E-state index is -0.872. The van der Waals surface area contributed by atoms with E-state index in [-0.39, 0.29) is 12.0 Å². The van der Waals surface area contributed by atoms with Gasteiger partial charge in [-0.25, -0.2) is 0 Å². The third-order valence-corrected chi connectivity index (χ3v) is 4.25. The first-order valence-corrected chi connectivity index (χ1v) is 9.02. The van der Waals surface area contributed by atoms with E-state index in [4.69, 9.17) is 9.47 Å². The van der Waals surface area contributed by atoms with Crippen LogP contribution in [0.1, 0.15) is 47.5 Å². The lowest BCUT2D eigenvalue weighted by Gasteiger charge is -2.24. The molecule has 0 fully saturated rings. The Kier molecular flexibility index (Phi) is 6.43. The fourth-order valence-electron chi connectivity index (χ4n) is 2.48. The number of carbonyl (C=O) groups excluding carboxylic acids is 1. The lowest BCUT2D eigenvalue weighted by molar-refractivity contribution is -0.137. The van der Waals surface area contributed by atoms with Gasteiger partial charge in [-0.3, -0.25) is 4.79 Å². The van der Waals surface area contributed by atoms with Crippen LogP contribution in [-0.4, -0.2) is 24.2 Å². The quantitative estimate of drug-likeness (QED) is 0.720. The van der Waals surface area contributed by atoms with Crippen LogP contribution in [0.5, 0.6) is 5.75 Å². The van der Waals surface area contributed by atoms with E-state index >= 15 is 0 Å². The molecule has 25 heavy (non-hydrogen) atoms. The van der Waals surface area contributed by atoms with Gasteiger partial charge in [0.25, 0.3) is 5.91 Å². The van der Waals surface area contributed by atoms with Crippen LogP contribution < -0.4 is 10.1 Å². The van der Waals surface area contributed by atoms with Gasteiger partial charge in [0.2, 0.25) is 0 Å². The first kappa shape index (κ1) is 19.3. The standard InChI is InChI=1S/C21H29NO3/c1-6-14-24-21(4,5)20(23)22-18-12-13-19(25-15(3)7-2)17-11-9-8-10-16(17)18/h8-13,15H,6-7,14H2,1-5H3,(H,22,23). The van der Waals surface area contributed by atoms with Crippen molar-refractivity contribution in [2.24, 2.45) is 0 Å². The Bertz CT molecular complexity index is 724. The number of hydrogen-bond donors (Lipinski definition) is 1. The third-order valence-electron chi connectivity index (χ3n) is 4.25. The van der Waals surface area contributed by atoms with E-state index in [0.717, 1.165) is 35.1 Å². The van der Waals surface area contributed by atoms with E-state index in [0.29, 0.717) is 6.61 Å². The Morgan fingerprint density at radius 2 is 1.80 bits per heavy atom. The van der Waals surface area contributed by atoms with Crippen molar-refractivity contribution in [3.63, 3.8) is 0 Å². The summed E-state index contributed by atoms with van der Waals surface area (Å²) in [5, 5.41) is 4.96. The van der Waals surface area contributed by atoms with Crippen molar-refractivity contribution in [3.05, 3.63) is 36.4 Å². The molecule has 1 N–H and O–H groups in total. The summed E-state index contributed by atoms with van der Waals surface area (Å²) in [5.41, 5.74) is -0.103. The van der Waals surface area contributed by atoms with Gasteiger partial charge in [0, 0.05) is 23.1 Å². The Balaban J connectivity index is 2.31.